The van der Waals surface area contributed by atoms with Crippen LogP contribution < -0.4 is 0 Å². The molecule has 0 atom stereocenters. The van der Waals surface area contributed by atoms with E-state index in [4.69, 9.17) is 4.42 Å². The number of thioether (sulfide) groups is 1. The lowest BCUT2D eigenvalue weighted by Gasteiger charge is -2.18. The summed E-state index contributed by atoms with van der Waals surface area (Å²) in [4.78, 5) is 0. The molecule has 3 rings (SSSR count). The Morgan fingerprint density at radius 1 is 1.14 bits per heavy atom. The van der Waals surface area contributed by atoms with E-state index >= 15 is 0 Å². The van der Waals surface area contributed by atoms with Crippen LogP contribution in [0.15, 0.2) is 40.1 Å². The predicted molar refractivity (Wildman–Crippen MR) is 84.4 cm³/mol. The summed E-state index contributed by atoms with van der Waals surface area (Å²) >= 11 is 1.44. The van der Waals surface area contributed by atoms with Gasteiger partial charge in [0.15, 0.2) is 0 Å². The number of H-pyrrole nitrogens is 1. The zero-order chi connectivity index (χ0) is 15.6. The second-order valence-electron chi connectivity index (χ2n) is 5.95. The van der Waals surface area contributed by atoms with Crippen molar-refractivity contribution >= 4 is 11.8 Å². The van der Waals surface area contributed by atoms with Gasteiger partial charge in [0.2, 0.25) is 5.89 Å². The van der Waals surface area contributed by atoms with Crippen LogP contribution in [-0.2, 0) is 11.2 Å². The maximum atomic E-state index is 5.68. The van der Waals surface area contributed by atoms with Crippen LogP contribution in [0.2, 0.25) is 0 Å². The van der Waals surface area contributed by atoms with E-state index in [1.54, 1.807) is 6.20 Å². The predicted octanol–water partition coefficient (Wildman–Crippen LogP) is 3.44. The molecule has 2 heterocycles. The van der Waals surface area contributed by atoms with Gasteiger partial charge in [-0.3, -0.25) is 0 Å². The quantitative estimate of drug-likeness (QED) is 0.743. The Hall–Kier alpha value is -2.15. The van der Waals surface area contributed by atoms with Crippen LogP contribution in [-0.4, -0.2) is 25.6 Å². The van der Waals surface area contributed by atoms with Gasteiger partial charge in [0.25, 0.3) is 5.22 Å². The third-order valence-electron chi connectivity index (χ3n) is 3.21. The molecule has 0 radical (unpaired) electrons. The highest BCUT2D eigenvalue weighted by atomic mass is 32.2. The first kappa shape index (κ1) is 14.8. The normalized spacial score (nSPS) is 11.8. The van der Waals surface area contributed by atoms with Crippen LogP contribution in [0.4, 0.5) is 0 Å². The molecule has 1 N–H and O–H groups in total. The topological polar surface area (TPSA) is 80.5 Å². The van der Waals surface area contributed by atoms with Crippen molar-refractivity contribution in [2.45, 2.75) is 37.2 Å². The summed E-state index contributed by atoms with van der Waals surface area (Å²) in [5.74, 6) is 1.17. The lowest BCUT2D eigenvalue weighted by molar-refractivity contribution is 0.465. The highest BCUT2D eigenvalue weighted by Crippen LogP contribution is 2.27. The number of nitrogens with zero attached hydrogens (tertiary/aromatic N) is 4. The summed E-state index contributed by atoms with van der Waals surface area (Å²) in [6, 6.07) is 8.23. The molecule has 3 aromatic rings. The van der Waals surface area contributed by atoms with Gasteiger partial charge in [0.1, 0.15) is 0 Å². The zero-order valence-corrected chi connectivity index (χ0v) is 13.5. The van der Waals surface area contributed by atoms with Gasteiger partial charge in [-0.25, -0.2) is 0 Å². The van der Waals surface area contributed by atoms with E-state index < -0.39 is 0 Å². The smallest absolute Gasteiger partial charge is 0.277 e. The molecule has 7 heteroatoms. The summed E-state index contributed by atoms with van der Waals surface area (Å²) in [6.07, 6.45) is 1.68. The van der Waals surface area contributed by atoms with E-state index in [-0.39, 0.29) is 5.41 Å². The molecular formula is C15H17N5OS. The highest BCUT2D eigenvalue weighted by molar-refractivity contribution is 7.98. The molecular weight excluding hydrogens is 298 g/mol. The average molecular weight is 315 g/mol. The Morgan fingerprint density at radius 3 is 2.55 bits per heavy atom. The third kappa shape index (κ3) is 3.36. The largest absolute Gasteiger partial charge is 0.411 e. The molecule has 2 aromatic heterocycles. The van der Waals surface area contributed by atoms with Crippen molar-refractivity contribution in [1.82, 2.24) is 25.6 Å². The maximum Gasteiger partial charge on any atom is 0.277 e. The second-order valence-corrected chi connectivity index (χ2v) is 6.88. The molecule has 0 saturated carbocycles. The average Bonchev–Trinajstić information content (AvgIpc) is 3.16. The first-order chi connectivity index (χ1) is 10.5. The Morgan fingerprint density at radius 2 is 1.91 bits per heavy atom. The lowest BCUT2D eigenvalue weighted by atomic mass is 9.87. The summed E-state index contributed by atoms with van der Waals surface area (Å²) in [6.45, 7) is 6.56. The number of nitrogens with one attached hydrogen (secondary N) is 1. The van der Waals surface area contributed by atoms with Crippen LogP contribution >= 0.6 is 11.8 Å². The molecule has 0 aliphatic heterocycles. The molecule has 0 spiro atoms. The highest BCUT2D eigenvalue weighted by Gasteiger charge is 2.15. The third-order valence-corrected chi connectivity index (χ3v) is 4.06. The number of rotatable bonds is 4. The van der Waals surface area contributed by atoms with E-state index in [0.717, 1.165) is 11.3 Å². The molecule has 0 aliphatic carbocycles. The van der Waals surface area contributed by atoms with Crippen LogP contribution in [0.1, 0.15) is 32.0 Å². The number of benzene rings is 1. The van der Waals surface area contributed by atoms with Crippen molar-refractivity contribution < 1.29 is 4.42 Å². The van der Waals surface area contributed by atoms with E-state index in [2.05, 4.69) is 58.5 Å². The van der Waals surface area contributed by atoms with Crippen LogP contribution in [0.3, 0.4) is 0 Å². The van der Waals surface area contributed by atoms with Crippen molar-refractivity contribution in [3.63, 3.8) is 0 Å². The Bertz CT molecular complexity index is 728. The molecule has 0 bridgehead atoms. The fourth-order valence-electron chi connectivity index (χ4n) is 1.93. The van der Waals surface area contributed by atoms with Crippen molar-refractivity contribution in [3.8, 4) is 11.5 Å². The molecule has 22 heavy (non-hydrogen) atoms. The van der Waals surface area contributed by atoms with Crippen LogP contribution in [0, 0.1) is 0 Å². The second kappa shape index (κ2) is 5.92. The van der Waals surface area contributed by atoms with E-state index in [1.165, 1.54) is 17.3 Å². The standard InChI is InChI=1S/C15H17N5OS/c1-15(2,3)11-6-4-10(5-7-11)13-18-19-14(21-13)22-9-12-8-16-20-17-12/h4-8H,9H2,1-3H3,(H,16,17,20). The van der Waals surface area contributed by atoms with Crippen LogP contribution in [0.25, 0.3) is 11.5 Å². The molecule has 0 amide bonds. The van der Waals surface area contributed by atoms with Gasteiger partial charge in [-0.15, -0.1) is 10.2 Å². The van der Waals surface area contributed by atoms with Gasteiger partial charge in [-0.05, 0) is 23.1 Å². The van der Waals surface area contributed by atoms with Gasteiger partial charge < -0.3 is 4.42 Å². The minimum atomic E-state index is 0.131. The Labute approximate surface area is 132 Å². The first-order valence-electron chi connectivity index (χ1n) is 6.94. The van der Waals surface area contributed by atoms with Crippen LogP contribution in [0.5, 0.6) is 0 Å². The van der Waals surface area contributed by atoms with Crippen molar-refractivity contribution in [2.75, 3.05) is 0 Å². The maximum absolute atomic E-state index is 5.68. The molecule has 0 fully saturated rings. The van der Waals surface area contributed by atoms with Gasteiger partial charge in [-0.1, -0.05) is 44.7 Å². The van der Waals surface area contributed by atoms with E-state index in [9.17, 15) is 0 Å². The molecule has 6 nitrogen and oxygen atoms in total. The zero-order valence-electron chi connectivity index (χ0n) is 12.7. The number of hydrogen-bond donors (Lipinski definition) is 1. The van der Waals surface area contributed by atoms with Crippen molar-refractivity contribution in [1.29, 1.82) is 0 Å². The van der Waals surface area contributed by atoms with E-state index in [1.807, 2.05) is 12.1 Å². The first-order valence-corrected chi connectivity index (χ1v) is 7.93. The fourth-order valence-corrected chi connectivity index (χ4v) is 2.57. The van der Waals surface area contributed by atoms with Crippen molar-refractivity contribution in [3.05, 3.63) is 41.7 Å². The van der Waals surface area contributed by atoms with Gasteiger partial charge in [0, 0.05) is 11.3 Å². The molecule has 0 saturated heterocycles. The SMILES string of the molecule is CC(C)(C)c1ccc(-c2nnc(SCc3cn[nH]n3)o2)cc1. The Kier molecular flexibility index (Phi) is 3.98. The molecule has 1 aromatic carbocycles. The lowest BCUT2D eigenvalue weighted by Crippen LogP contribution is -2.10. The summed E-state index contributed by atoms with van der Waals surface area (Å²) in [5, 5.41) is 19.0. The minimum Gasteiger partial charge on any atom is -0.411 e. The number of aromatic nitrogens is 5. The van der Waals surface area contributed by atoms with Crippen molar-refractivity contribution in [2.24, 2.45) is 0 Å². The van der Waals surface area contributed by atoms with Gasteiger partial charge in [0.05, 0.1) is 11.9 Å². The summed E-state index contributed by atoms with van der Waals surface area (Å²) < 4.78 is 5.68. The van der Waals surface area contributed by atoms with E-state index in [0.29, 0.717) is 16.9 Å². The monoisotopic (exact) mass is 315 g/mol. The number of hydrogen-bond acceptors (Lipinski definition) is 6. The molecule has 0 aliphatic rings. The van der Waals surface area contributed by atoms with Gasteiger partial charge >= 0.3 is 0 Å². The molecule has 114 valence electrons. The summed E-state index contributed by atoms with van der Waals surface area (Å²) in [7, 11) is 0. The summed E-state index contributed by atoms with van der Waals surface area (Å²) in [5.41, 5.74) is 3.18. The molecule has 0 unspecified atom stereocenters. The Balaban J connectivity index is 1.70. The minimum absolute atomic E-state index is 0.131. The van der Waals surface area contributed by atoms with Gasteiger partial charge in [-0.2, -0.15) is 15.4 Å². The fraction of sp³-hybridized carbons (Fsp3) is 0.333. The number of aromatic amines is 1.